The Morgan fingerprint density at radius 1 is 1.50 bits per heavy atom. The van der Waals surface area contributed by atoms with Gasteiger partial charge in [0.05, 0.1) is 24.4 Å². The highest BCUT2D eigenvalue weighted by Gasteiger charge is 2.31. The summed E-state index contributed by atoms with van der Waals surface area (Å²) in [4.78, 5) is 25.0. The fraction of sp³-hybridized carbons (Fsp3) is 0.615. The second-order valence-electron chi connectivity index (χ2n) is 5.21. The van der Waals surface area contributed by atoms with E-state index in [0.29, 0.717) is 12.1 Å². The van der Waals surface area contributed by atoms with Gasteiger partial charge in [0.2, 0.25) is 0 Å². The molecule has 0 spiro atoms. The Kier molecular flexibility index (Phi) is 4.08. The highest BCUT2D eigenvalue weighted by Crippen LogP contribution is 2.20. The predicted octanol–water partition coefficient (Wildman–Crippen LogP) is 0.469. The van der Waals surface area contributed by atoms with E-state index < -0.39 is 12.1 Å². The number of carboxylic acids is 1. The molecule has 1 N–H and O–H groups in total. The van der Waals surface area contributed by atoms with Gasteiger partial charge in [-0.15, -0.1) is 0 Å². The number of nitrogens with zero attached hydrogens (tertiary/aromatic N) is 3. The number of hydrogen-bond acceptors (Lipinski definition) is 4. The number of ether oxygens (including phenoxy) is 1. The summed E-state index contributed by atoms with van der Waals surface area (Å²) in [5.74, 6) is -1.10. The fourth-order valence-corrected chi connectivity index (χ4v) is 2.25. The number of carboxylic acid groups (broad SMARTS) is 1. The first-order valence-electron chi connectivity index (χ1n) is 6.57. The second-order valence-corrected chi connectivity index (χ2v) is 5.21. The van der Waals surface area contributed by atoms with Crippen LogP contribution in [0.15, 0.2) is 6.20 Å². The van der Waals surface area contributed by atoms with Crippen molar-refractivity contribution in [3.05, 3.63) is 17.5 Å². The molecule has 1 fully saturated rings. The van der Waals surface area contributed by atoms with Crippen molar-refractivity contribution in [2.24, 2.45) is 7.05 Å². The quantitative estimate of drug-likeness (QED) is 0.870. The van der Waals surface area contributed by atoms with E-state index in [0.717, 1.165) is 5.69 Å². The molecule has 1 aromatic rings. The van der Waals surface area contributed by atoms with Crippen LogP contribution in [0.5, 0.6) is 0 Å². The highest BCUT2D eigenvalue weighted by molar-refractivity contribution is 5.95. The molecule has 110 valence electrons. The van der Waals surface area contributed by atoms with Crippen molar-refractivity contribution in [3.8, 4) is 0 Å². The Morgan fingerprint density at radius 2 is 2.20 bits per heavy atom. The van der Waals surface area contributed by atoms with E-state index in [2.05, 4.69) is 5.10 Å². The fourth-order valence-electron chi connectivity index (χ4n) is 2.25. The maximum Gasteiger partial charge on any atom is 0.334 e. The monoisotopic (exact) mass is 281 g/mol. The molecule has 7 heteroatoms. The summed E-state index contributed by atoms with van der Waals surface area (Å²) in [6, 6.07) is 0. The van der Waals surface area contributed by atoms with Crippen LogP contribution in [0.2, 0.25) is 0 Å². The summed E-state index contributed by atoms with van der Waals surface area (Å²) in [5, 5.41) is 13.3. The van der Waals surface area contributed by atoms with Crippen molar-refractivity contribution in [1.82, 2.24) is 14.7 Å². The molecule has 1 saturated heterocycles. The summed E-state index contributed by atoms with van der Waals surface area (Å²) in [7, 11) is 1.77. The van der Waals surface area contributed by atoms with Gasteiger partial charge in [0.25, 0.3) is 5.91 Å². The Morgan fingerprint density at radius 3 is 2.80 bits per heavy atom. The van der Waals surface area contributed by atoms with E-state index in [1.54, 1.807) is 17.9 Å². The molecule has 1 atom stereocenters. The molecule has 2 rings (SSSR count). The molecule has 2 heterocycles. The lowest BCUT2D eigenvalue weighted by molar-refractivity contribution is -0.154. The Bertz CT molecular complexity index is 524. The van der Waals surface area contributed by atoms with Crippen LogP contribution >= 0.6 is 0 Å². The molecule has 1 unspecified atom stereocenters. The summed E-state index contributed by atoms with van der Waals surface area (Å²) in [6.45, 7) is 4.65. The maximum absolute atomic E-state index is 12.5. The topological polar surface area (TPSA) is 84.7 Å². The van der Waals surface area contributed by atoms with E-state index in [-0.39, 0.29) is 25.0 Å². The number of carbonyl (C=O) groups excluding carboxylic acids is 1. The number of morpholine rings is 1. The summed E-state index contributed by atoms with van der Waals surface area (Å²) >= 11 is 0. The predicted molar refractivity (Wildman–Crippen MR) is 70.6 cm³/mol. The summed E-state index contributed by atoms with van der Waals surface area (Å²) in [5.41, 5.74) is 1.27. The van der Waals surface area contributed by atoms with Crippen molar-refractivity contribution in [3.63, 3.8) is 0 Å². The molecule has 1 aliphatic rings. The van der Waals surface area contributed by atoms with Crippen LogP contribution in [0.1, 0.15) is 35.8 Å². The average Bonchev–Trinajstić information content (AvgIpc) is 2.80. The zero-order chi connectivity index (χ0) is 14.9. The molecule has 1 amide bonds. The Hall–Kier alpha value is -1.89. The lowest BCUT2D eigenvalue weighted by Crippen LogP contribution is -2.48. The number of carbonyl (C=O) groups is 2. The first kappa shape index (κ1) is 14.5. The van der Waals surface area contributed by atoms with E-state index in [9.17, 15) is 9.59 Å². The normalized spacial score (nSPS) is 19.4. The van der Waals surface area contributed by atoms with Gasteiger partial charge in [-0.3, -0.25) is 9.48 Å². The molecule has 0 radical (unpaired) electrons. The van der Waals surface area contributed by atoms with E-state index >= 15 is 0 Å². The molecular formula is C13H19N3O4. The Balaban J connectivity index is 2.21. The van der Waals surface area contributed by atoms with Crippen LogP contribution in [0, 0.1) is 0 Å². The minimum absolute atomic E-state index is 0.0700. The third kappa shape index (κ3) is 2.82. The molecule has 0 aliphatic carbocycles. The van der Waals surface area contributed by atoms with Crippen LogP contribution in [-0.4, -0.2) is 57.5 Å². The largest absolute Gasteiger partial charge is 0.479 e. The number of rotatable bonds is 3. The smallest absolute Gasteiger partial charge is 0.334 e. The van der Waals surface area contributed by atoms with Gasteiger partial charge in [-0.05, 0) is 5.92 Å². The van der Waals surface area contributed by atoms with Crippen molar-refractivity contribution in [2.75, 3.05) is 19.7 Å². The summed E-state index contributed by atoms with van der Waals surface area (Å²) in [6.07, 6.45) is 0.731. The Labute approximate surface area is 117 Å². The number of amides is 1. The number of aromatic nitrogens is 2. The average molecular weight is 281 g/mol. The molecule has 1 aromatic heterocycles. The minimum atomic E-state index is -1.04. The van der Waals surface area contributed by atoms with Crippen LogP contribution in [-0.2, 0) is 16.6 Å². The lowest BCUT2D eigenvalue weighted by Gasteiger charge is -2.30. The SMILES string of the molecule is CC(C)c1nn(C)cc1C(=O)N1CCOC(C(=O)O)C1. The highest BCUT2D eigenvalue weighted by atomic mass is 16.5. The van der Waals surface area contributed by atoms with Crippen LogP contribution in [0.25, 0.3) is 0 Å². The third-order valence-electron chi connectivity index (χ3n) is 3.26. The van der Waals surface area contributed by atoms with Gasteiger partial charge in [-0.2, -0.15) is 5.10 Å². The molecule has 20 heavy (non-hydrogen) atoms. The number of aryl methyl sites for hydroxylation is 1. The van der Waals surface area contributed by atoms with Crippen molar-refractivity contribution >= 4 is 11.9 Å². The van der Waals surface area contributed by atoms with Crippen molar-refractivity contribution < 1.29 is 19.4 Å². The first-order chi connectivity index (χ1) is 9.40. The molecule has 0 saturated carbocycles. The van der Waals surface area contributed by atoms with Gasteiger partial charge < -0.3 is 14.7 Å². The molecule has 0 bridgehead atoms. The first-order valence-corrected chi connectivity index (χ1v) is 6.57. The maximum atomic E-state index is 12.5. The zero-order valence-electron chi connectivity index (χ0n) is 11.9. The minimum Gasteiger partial charge on any atom is -0.479 e. The molecule has 1 aliphatic heterocycles. The van der Waals surface area contributed by atoms with Gasteiger partial charge in [-0.1, -0.05) is 13.8 Å². The van der Waals surface area contributed by atoms with Crippen LogP contribution in [0.3, 0.4) is 0 Å². The van der Waals surface area contributed by atoms with Gasteiger partial charge in [0.15, 0.2) is 6.10 Å². The van der Waals surface area contributed by atoms with E-state index in [1.165, 1.54) is 4.90 Å². The molecule has 0 aromatic carbocycles. The van der Waals surface area contributed by atoms with Crippen LogP contribution in [0.4, 0.5) is 0 Å². The summed E-state index contributed by atoms with van der Waals surface area (Å²) < 4.78 is 6.73. The standard InChI is InChI=1S/C13H19N3O4/c1-8(2)11-9(6-15(3)14-11)12(17)16-4-5-20-10(7-16)13(18)19/h6,8,10H,4-5,7H2,1-3H3,(H,18,19). The van der Waals surface area contributed by atoms with Gasteiger partial charge >= 0.3 is 5.97 Å². The van der Waals surface area contributed by atoms with Gasteiger partial charge in [0.1, 0.15) is 0 Å². The number of aliphatic carboxylic acids is 1. The second kappa shape index (κ2) is 5.62. The van der Waals surface area contributed by atoms with E-state index in [4.69, 9.17) is 9.84 Å². The van der Waals surface area contributed by atoms with Crippen LogP contribution < -0.4 is 0 Å². The molecular weight excluding hydrogens is 262 g/mol. The van der Waals surface area contributed by atoms with Gasteiger partial charge in [0, 0.05) is 19.8 Å². The third-order valence-corrected chi connectivity index (χ3v) is 3.26. The van der Waals surface area contributed by atoms with Crippen molar-refractivity contribution in [2.45, 2.75) is 25.9 Å². The molecule has 7 nitrogen and oxygen atoms in total. The zero-order valence-corrected chi connectivity index (χ0v) is 11.9. The van der Waals surface area contributed by atoms with E-state index in [1.807, 2.05) is 13.8 Å². The number of hydrogen-bond donors (Lipinski definition) is 1. The van der Waals surface area contributed by atoms with Gasteiger partial charge in [-0.25, -0.2) is 4.79 Å². The lowest BCUT2D eigenvalue weighted by atomic mass is 10.1. The van der Waals surface area contributed by atoms with Crippen molar-refractivity contribution in [1.29, 1.82) is 0 Å².